The Kier molecular flexibility index (Phi) is 7.21. The minimum absolute atomic E-state index is 0.0335. The van der Waals surface area contributed by atoms with Gasteiger partial charge < -0.3 is 21.3 Å². The molecule has 1 heterocycles. The third-order valence-electron chi connectivity index (χ3n) is 3.58. The third-order valence-corrected chi connectivity index (χ3v) is 3.90. The van der Waals surface area contributed by atoms with Gasteiger partial charge in [-0.2, -0.15) is 18.2 Å². The second-order valence-corrected chi connectivity index (χ2v) is 6.17. The zero-order chi connectivity index (χ0) is 21.6. The van der Waals surface area contributed by atoms with Crippen LogP contribution in [0.3, 0.4) is 0 Å². The van der Waals surface area contributed by atoms with Crippen molar-refractivity contribution in [2.45, 2.75) is 13.1 Å². The zero-order valence-corrected chi connectivity index (χ0v) is 16.2. The van der Waals surface area contributed by atoms with Crippen molar-refractivity contribution in [1.29, 1.82) is 0 Å². The van der Waals surface area contributed by atoms with Gasteiger partial charge in [0.15, 0.2) is 0 Å². The van der Waals surface area contributed by atoms with Crippen molar-refractivity contribution in [2.24, 2.45) is 0 Å². The molecule has 0 aliphatic carbocycles. The molecule has 156 valence electrons. The SMILES string of the molecule is CNC(=O)c1ccc(Nc2ncc(C(F)(F)F)c(NCCNC(C)=O)n2)cc1Cl. The fourth-order valence-corrected chi connectivity index (χ4v) is 2.51. The Morgan fingerprint density at radius 3 is 2.52 bits per heavy atom. The lowest BCUT2D eigenvalue weighted by Gasteiger charge is -2.15. The normalized spacial score (nSPS) is 11.0. The molecule has 1 aromatic heterocycles. The fraction of sp³-hybridized carbons (Fsp3) is 0.294. The van der Waals surface area contributed by atoms with Gasteiger partial charge in [0.2, 0.25) is 11.9 Å². The smallest absolute Gasteiger partial charge is 0.368 e. The van der Waals surface area contributed by atoms with Crippen molar-refractivity contribution in [2.75, 3.05) is 30.8 Å². The van der Waals surface area contributed by atoms with Crippen LogP contribution in [-0.2, 0) is 11.0 Å². The molecule has 0 fully saturated rings. The highest BCUT2D eigenvalue weighted by Crippen LogP contribution is 2.34. The number of carbonyl (C=O) groups excluding carboxylic acids is 2. The summed E-state index contributed by atoms with van der Waals surface area (Å²) in [5, 5.41) is 10.3. The second kappa shape index (κ2) is 9.41. The molecule has 0 atom stereocenters. The minimum atomic E-state index is -4.66. The number of amides is 2. The molecule has 2 aromatic rings. The molecule has 0 saturated heterocycles. The van der Waals surface area contributed by atoms with E-state index in [0.29, 0.717) is 11.9 Å². The molecule has 29 heavy (non-hydrogen) atoms. The largest absolute Gasteiger partial charge is 0.421 e. The first-order valence-electron chi connectivity index (χ1n) is 8.33. The summed E-state index contributed by atoms with van der Waals surface area (Å²) < 4.78 is 39.6. The van der Waals surface area contributed by atoms with Crippen LogP contribution in [0.1, 0.15) is 22.8 Å². The Labute approximate surface area is 169 Å². The molecule has 0 unspecified atom stereocenters. The van der Waals surface area contributed by atoms with E-state index in [4.69, 9.17) is 11.6 Å². The Balaban J connectivity index is 2.22. The summed E-state index contributed by atoms with van der Waals surface area (Å²) in [6, 6.07) is 4.40. The van der Waals surface area contributed by atoms with Crippen LogP contribution in [0.25, 0.3) is 0 Å². The molecule has 4 N–H and O–H groups in total. The number of rotatable bonds is 7. The number of hydrogen-bond acceptors (Lipinski definition) is 6. The molecule has 2 rings (SSSR count). The van der Waals surface area contributed by atoms with E-state index in [9.17, 15) is 22.8 Å². The van der Waals surface area contributed by atoms with Crippen molar-refractivity contribution < 1.29 is 22.8 Å². The molecular weight excluding hydrogens is 413 g/mol. The van der Waals surface area contributed by atoms with Crippen LogP contribution in [0.2, 0.25) is 5.02 Å². The topological polar surface area (TPSA) is 108 Å². The third kappa shape index (κ3) is 6.21. The average Bonchev–Trinajstić information content (AvgIpc) is 2.64. The summed E-state index contributed by atoms with van der Waals surface area (Å²) in [5.41, 5.74) is -0.418. The van der Waals surface area contributed by atoms with E-state index in [-0.39, 0.29) is 41.4 Å². The summed E-state index contributed by atoms with van der Waals surface area (Å²) in [4.78, 5) is 30.1. The Hall–Kier alpha value is -3.08. The van der Waals surface area contributed by atoms with E-state index in [1.54, 1.807) is 0 Å². The number of carbonyl (C=O) groups is 2. The van der Waals surface area contributed by atoms with Gasteiger partial charge in [0, 0.05) is 38.9 Å². The maximum absolute atomic E-state index is 13.2. The van der Waals surface area contributed by atoms with Gasteiger partial charge in [0.25, 0.3) is 5.91 Å². The lowest BCUT2D eigenvalue weighted by molar-refractivity contribution is -0.137. The van der Waals surface area contributed by atoms with Crippen molar-refractivity contribution in [3.63, 3.8) is 0 Å². The van der Waals surface area contributed by atoms with E-state index < -0.39 is 17.6 Å². The number of anilines is 3. The molecule has 0 saturated carbocycles. The van der Waals surface area contributed by atoms with E-state index in [1.807, 2.05) is 0 Å². The highest BCUT2D eigenvalue weighted by Gasteiger charge is 2.35. The highest BCUT2D eigenvalue weighted by atomic mass is 35.5. The van der Waals surface area contributed by atoms with Gasteiger partial charge in [-0.1, -0.05) is 11.6 Å². The quantitative estimate of drug-likeness (QED) is 0.503. The van der Waals surface area contributed by atoms with Gasteiger partial charge in [0.1, 0.15) is 11.4 Å². The van der Waals surface area contributed by atoms with Crippen molar-refractivity contribution >= 4 is 40.9 Å². The fourth-order valence-electron chi connectivity index (χ4n) is 2.24. The van der Waals surface area contributed by atoms with E-state index >= 15 is 0 Å². The van der Waals surface area contributed by atoms with Crippen molar-refractivity contribution in [1.82, 2.24) is 20.6 Å². The number of aromatic nitrogens is 2. The molecular formula is C17H18ClF3N6O2. The van der Waals surface area contributed by atoms with Crippen LogP contribution in [0.5, 0.6) is 0 Å². The summed E-state index contributed by atoms with van der Waals surface area (Å²) in [7, 11) is 1.46. The van der Waals surface area contributed by atoms with Crippen LogP contribution in [-0.4, -0.2) is 41.9 Å². The molecule has 0 radical (unpaired) electrons. The van der Waals surface area contributed by atoms with Gasteiger partial charge in [-0.3, -0.25) is 9.59 Å². The first-order valence-corrected chi connectivity index (χ1v) is 8.70. The lowest BCUT2D eigenvalue weighted by Crippen LogP contribution is -2.27. The maximum atomic E-state index is 13.2. The number of hydrogen-bond donors (Lipinski definition) is 4. The number of nitrogens with zero attached hydrogens (tertiary/aromatic N) is 2. The van der Waals surface area contributed by atoms with Crippen molar-refractivity contribution in [3.8, 4) is 0 Å². The minimum Gasteiger partial charge on any atom is -0.368 e. The van der Waals surface area contributed by atoms with Gasteiger partial charge in [-0.15, -0.1) is 0 Å². The molecule has 12 heteroatoms. The molecule has 0 spiro atoms. The van der Waals surface area contributed by atoms with Crippen molar-refractivity contribution in [3.05, 3.63) is 40.5 Å². The maximum Gasteiger partial charge on any atom is 0.421 e. The standard InChI is InChI=1S/C17H18ClF3N6O2/c1-9(28)23-5-6-24-14-12(17(19,20)21)8-25-16(27-14)26-10-3-4-11(13(18)7-10)15(29)22-2/h3-4,7-8H,5-6H2,1-2H3,(H,22,29)(H,23,28)(H2,24,25,26,27). The molecule has 8 nitrogen and oxygen atoms in total. The Bertz CT molecular complexity index is 907. The zero-order valence-electron chi connectivity index (χ0n) is 15.4. The number of halogens is 4. The lowest BCUT2D eigenvalue weighted by atomic mass is 10.2. The second-order valence-electron chi connectivity index (χ2n) is 5.76. The summed E-state index contributed by atoms with van der Waals surface area (Å²) in [5.74, 6) is -1.22. The van der Waals surface area contributed by atoms with Gasteiger partial charge in [0.05, 0.1) is 10.6 Å². The molecule has 0 aliphatic rings. The average molecular weight is 431 g/mol. The van der Waals surface area contributed by atoms with E-state index in [1.165, 1.54) is 32.2 Å². The molecule has 0 aliphatic heterocycles. The number of alkyl halides is 3. The number of benzene rings is 1. The molecule has 0 bridgehead atoms. The van der Waals surface area contributed by atoms with Crippen LogP contribution in [0.15, 0.2) is 24.4 Å². The summed E-state index contributed by atoms with van der Waals surface area (Å²) in [6.07, 6.45) is -4.01. The molecule has 1 aromatic carbocycles. The summed E-state index contributed by atoms with van der Waals surface area (Å²) >= 11 is 6.06. The Morgan fingerprint density at radius 1 is 1.21 bits per heavy atom. The van der Waals surface area contributed by atoms with Crippen LogP contribution in [0, 0.1) is 0 Å². The Morgan fingerprint density at radius 2 is 1.93 bits per heavy atom. The van der Waals surface area contributed by atoms with Gasteiger partial charge in [-0.05, 0) is 18.2 Å². The predicted octanol–water partition coefficient (Wildman–Crippen LogP) is 2.80. The van der Waals surface area contributed by atoms with Gasteiger partial charge >= 0.3 is 6.18 Å². The van der Waals surface area contributed by atoms with Gasteiger partial charge in [-0.25, -0.2) is 4.98 Å². The first-order chi connectivity index (χ1) is 13.6. The van der Waals surface area contributed by atoms with E-state index in [2.05, 4.69) is 31.2 Å². The number of nitrogens with one attached hydrogen (secondary N) is 4. The predicted molar refractivity (Wildman–Crippen MR) is 102 cm³/mol. The first kappa shape index (κ1) is 22.2. The van der Waals surface area contributed by atoms with Crippen LogP contribution >= 0.6 is 11.6 Å². The molecule has 2 amide bonds. The highest BCUT2D eigenvalue weighted by molar-refractivity contribution is 6.34. The monoisotopic (exact) mass is 430 g/mol. The summed E-state index contributed by atoms with van der Waals surface area (Å²) in [6.45, 7) is 1.45. The van der Waals surface area contributed by atoms with Crippen LogP contribution < -0.4 is 21.3 Å². The van der Waals surface area contributed by atoms with Crippen LogP contribution in [0.4, 0.5) is 30.6 Å². The van der Waals surface area contributed by atoms with E-state index in [0.717, 1.165) is 0 Å².